The quantitative estimate of drug-likeness (QED) is 0.903. The molecule has 1 saturated heterocycles. The van der Waals surface area contributed by atoms with Crippen molar-refractivity contribution in [2.75, 3.05) is 30.4 Å². The van der Waals surface area contributed by atoms with Gasteiger partial charge in [-0.1, -0.05) is 6.92 Å². The van der Waals surface area contributed by atoms with Gasteiger partial charge in [-0.05, 0) is 57.7 Å². The molecule has 0 unspecified atom stereocenters. The summed E-state index contributed by atoms with van der Waals surface area (Å²) >= 11 is 0. The number of benzene rings is 1. The Balaban J connectivity index is 2.13. The first-order chi connectivity index (χ1) is 10.8. The van der Waals surface area contributed by atoms with Crippen molar-refractivity contribution in [3.63, 3.8) is 0 Å². The highest BCUT2D eigenvalue weighted by Crippen LogP contribution is 2.34. The third kappa shape index (κ3) is 5.05. The molecule has 1 aromatic rings. The van der Waals surface area contributed by atoms with Crippen molar-refractivity contribution < 1.29 is 14.3 Å². The fraction of sp³-hybridized carbons (Fsp3) is 0.611. The molecule has 5 nitrogen and oxygen atoms in total. The first-order valence-corrected chi connectivity index (χ1v) is 8.21. The molecular formula is C18H28N2O3. The molecule has 0 bridgehead atoms. The summed E-state index contributed by atoms with van der Waals surface area (Å²) in [4.78, 5) is 14.3. The van der Waals surface area contributed by atoms with Gasteiger partial charge in [0.05, 0.1) is 12.8 Å². The maximum absolute atomic E-state index is 11.9. The molecule has 5 heteroatoms. The van der Waals surface area contributed by atoms with Gasteiger partial charge < -0.3 is 14.4 Å². The molecule has 1 heterocycles. The van der Waals surface area contributed by atoms with Gasteiger partial charge in [-0.25, -0.2) is 4.79 Å². The monoisotopic (exact) mass is 320 g/mol. The van der Waals surface area contributed by atoms with Crippen molar-refractivity contribution in [2.45, 2.75) is 46.1 Å². The Morgan fingerprint density at radius 1 is 1.26 bits per heavy atom. The molecule has 1 N–H and O–H groups in total. The largest absolute Gasteiger partial charge is 0.495 e. The maximum atomic E-state index is 11.9. The van der Waals surface area contributed by atoms with E-state index in [1.165, 1.54) is 12.8 Å². The zero-order chi connectivity index (χ0) is 17.0. The first-order valence-electron chi connectivity index (χ1n) is 8.21. The maximum Gasteiger partial charge on any atom is 0.412 e. The average Bonchev–Trinajstić information content (AvgIpc) is 2.46. The van der Waals surface area contributed by atoms with Crippen LogP contribution in [-0.4, -0.2) is 31.9 Å². The molecule has 0 radical (unpaired) electrons. The van der Waals surface area contributed by atoms with E-state index in [0.29, 0.717) is 5.69 Å². The summed E-state index contributed by atoms with van der Waals surface area (Å²) in [5, 5.41) is 2.79. The number of hydrogen-bond donors (Lipinski definition) is 1. The van der Waals surface area contributed by atoms with Gasteiger partial charge in [0.1, 0.15) is 11.4 Å². The standard InChI is InChI=1S/C18H28N2O3/c1-13-8-10-20(11-9-13)15-12-14(6-7-16(15)22-5)19-17(21)23-18(2,3)4/h6-7,12-13H,8-11H2,1-5H3,(H,19,21). The summed E-state index contributed by atoms with van der Waals surface area (Å²) in [6, 6.07) is 5.68. The van der Waals surface area contributed by atoms with E-state index in [9.17, 15) is 4.79 Å². The van der Waals surface area contributed by atoms with Crippen molar-refractivity contribution in [2.24, 2.45) is 5.92 Å². The molecule has 2 rings (SSSR count). The molecule has 0 spiro atoms. The highest BCUT2D eigenvalue weighted by atomic mass is 16.6. The van der Waals surface area contributed by atoms with Crippen LogP contribution < -0.4 is 15.0 Å². The first kappa shape index (κ1) is 17.4. The number of carbonyl (C=O) groups is 1. The number of hydrogen-bond acceptors (Lipinski definition) is 4. The summed E-state index contributed by atoms with van der Waals surface area (Å²) in [5.74, 6) is 1.59. The molecule has 0 aliphatic carbocycles. The fourth-order valence-corrected chi connectivity index (χ4v) is 2.69. The van der Waals surface area contributed by atoms with Crippen molar-refractivity contribution in [1.82, 2.24) is 0 Å². The Labute approximate surface area is 139 Å². The zero-order valence-corrected chi connectivity index (χ0v) is 14.8. The van der Waals surface area contributed by atoms with Crippen LogP contribution in [0.4, 0.5) is 16.2 Å². The molecule has 0 atom stereocenters. The van der Waals surface area contributed by atoms with Crippen LogP contribution in [-0.2, 0) is 4.74 Å². The lowest BCUT2D eigenvalue weighted by atomic mass is 9.98. The molecule has 1 aromatic carbocycles. The second kappa shape index (κ2) is 7.11. The van der Waals surface area contributed by atoms with E-state index in [2.05, 4.69) is 17.1 Å². The van der Waals surface area contributed by atoms with Crippen LogP contribution in [0, 0.1) is 5.92 Å². The topological polar surface area (TPSA) is 50.8 Å². The summed E-state index contributed by atoms with van der Waals surface area (Å²) in [6.07, 6.45) is 1.90. The predicted molar refractivity (Wildman–Crippen MR) is 93.5 cm³/mol. The molecule has 23 heavy (non-hydrogen) atoms. The number of nitrogens with zero attached hydrogens (tertiary/aromatic N) is 1. The number of carbonyl (C=O) groups excluding carboxylic acids is 1. The Morgan fingerprint density at radius 3 is 2.48 bits per heavy atom. The van der Waals surface area contributed by atoms with E-state index >= 15 is 0 Å². The second-order valence-electron chi connectivity index (χ2n) is 7.18. The molecule has 0 saturated carbocycles. The van der Waals surface area contributed by atoms with Gasteiger partial charge in [0, 0.05) is 18.8 Å². The van der Waals surface area contributed by atoms with Crippen LogP contribution in [0.1, 0.15) is 40.5 Å². The fourth-order valence-electron chi connectivity index (χ4n) is 2.69. The Hall–Kier alpha value is -1.91. The highest BCUT2D eigenvalue weighted by Gasteiger charge is 2.20. The third-order valence-corrected chi connectivity index (χ3v) is 3.95. The van der Waals surface area contributed by atoms with Crippen LogP contribution >= 0.6 is 0 Å². The van der Waals surface area contributed by atoms with Gasteiger partial charge >= 0.3 is 6.09 Å². The Bertz CT molecular complexity index is 544. The Morgan fingerprint density at radius 2 is 1.91 bits per heavy atom. The van der Waals surface area contributed by atoms with Crippen molar-refractivity contribution >= 4 is 17.5 Å². The van der Waals surface area contributed by atoms with Gasteiger partial charge in [0.15, 0.2) is 0 Å². The lowest BCUT2D eigenvalue weighted by molar-refractivity contribution is 0.0636. The third-order valence-electron chi connectivity index (χ3n) is 3.95. The number of nitrogens with one attached hydrogen (secondary N) is 1. The molecule has 1 amide bonds. The van der Waals surface area contributed by atoms with Crippen LogP contribution in [0.2, 0.25) is 0 Å². The summed E-state index contributed by atoms with van der Waals surface area (Å²) in [5.41, 5.74) is 1.23. The molecular weight excluding hydrogens is 292 g/mol. The number of rotatable bonds is 3. The lowest BCUT2D eigenvalue weighted by Crippen LogP contribution is -2.33. The van der Waals surface area contributed by atoms with E-state index < -0.39 is 11.7 Å². The van der Waals surface area contributed by atoms with E-state index in [-0.39, 0.29) is 0 Å². The van der Waals surface area contributed by atoms with E-state index in [4.69, 9.17) is 9.47 Å². The highest BCUT2D eigenvalue weighted by molar-refractivity contribution is 5.86. The number of piperidine rings is 1. The summed E-state index contributed by atoms with van der Waals surface area (Å²) in [6.45, 7) is 9.85. The van der Waals surface area contributed by atoms with E-state index in [1.807, 2.05) is 39.0 Å². The van der Waals surface area contributed by atoms with Gasteiger partial charge in [-0.3, -0.25) is 5.32 Å². The van der Waals surface area contributed by atoms with Crippen molar-refractivity contribution in [1.29, 1.82) is 0 Å². The summed E-state index contributed by atoms with van der Waals surface area (Å²) in [7, 11) is 1.67. The molecule has 1 aliphatic rings. The molecule has 0 aromatic heterocycles. The van der Waals surface area contributed by atoms with E-state index in [0.717, 1.165) is 30.4 Å². The zero-order valence-electron chi connectivity index (χ0n) is 14.8. The number of methoxy groups -OCH3 is 1. The normalized spacial score (nSPS) is 16.1. The SMILES string of the molecule is COc1ccc(NC(=O)OC(C)(C)C)cc1N1CCC(C)CC1. The minimum Gasteiger partial charge on any atom is -0.495 e. The minimum atomic E-state index is -0.512. The van der Waals surface area contributed by atoms with Gasteiger partial charge in [-0.15, -0.1) is 0 Å². The Kier molecular flexibility index (Phi) is 5.39. The van der Waals surface area contributed by atoms with Crippen LogP contribution in [0.25, 0.3) is 0 Å². The van der Waals surface area contributed by atoms with Crippen molar-refractivity contribution in [3.05, 3.63) is 18.2 Å². The van der Waals surface area contributed by atoms with E-state index in [1.54, 1.807) is 7.11 Å². The van der Waals surface area contributed by atoms with Gasteiger partial charge in [0.2, 0.25) is 0 Å². The smallest absolute Gasteiger partial charge is 0.412 e. The van der Waals surface area contributed by atoms with Crippen molar-refractivity contribution in [3.8, 4) is 5.75 Å². The molecule has 1 aliphatic heterocycles. The number of amides is 1. The molecule has 128 valence electrons. The molecule has 1 fully saturated rings. The predicted octanol–water partition coefficient (Wildman–Crippen LogP) is 4.28. The number of anilines is 2. The summed E-state index contributed by atoms with van der Waals surface area (Å²) < 4.78 is 10.8. The van der Waals surface area contributed by atoms with Gasteiger partial charge in [0.25, 0.3) is 0 Å². The van der Waals surface area contributed by atoms with Gasteiger partial charge in [-0.2, -0.15) is 0 Å². The van der Waals surface area contributed by atoms with Crippen LogP contribution in [0.5, 0.6) is 5.75 Å². The van der Waals surface area contributed by atoms with Crippen LogP contribution in [0.3, 0.4) is 0 Å². The lowest BCUT2D eigenvalue weighted by Gasteiger charge is -2.33. The number of ether oxygens (including phenoxy) is 2. The van der Waals surface area contributed by atoms with Crippen LogP contribution in [0.15, 0.2) is 18.2 Å². The minimum absolute atomic E-state index is 0.444. The second-order valence-corrected chi connectivity index (χ2v) is 7.18. The average molecular weight is 320 g/mol.